The van der Waals surface area contributed by atoms with Crippen LogP contribution in [-0.4, -0.2) is 43.7 Å². The van der Waals surface area contributed by atoms with E-state index in [1.165, 1.54) is 12.8 Å². The van der Waals surface area contributed by atoms with E-state index in [0.29, 0.717) is 19.6 Å². The van der Waals surface area contributed by atoms with Gasteiger partial charge in [-0.05, 0) is 37.1 Å². The van der Waals surface area contributed by atoms with Crippen molar-refractivity contribution in [1.29, 1.82) is 0 Å². The maximum absolute atomic E-state index is 11.9. The third-order valence-electron chi connectivity index (χ3n) is 3.91. The Morgan fingerprint density at radius 1 is 1.50 bits per heavy atom. The minimum absolute atomic E-state index is 0. The lowest BCUT2D eigenvalue weighted by Crippen LogP contribution is -2.34. The highest BCUT2D eigenvalue weighted by Gasteiger charge is 2.34. The summed E-state index contributed by atoms with van der Waals surface area (Å²) in [4.78, 5) is 13.9. The van der Waals surface area contributed by atoms with Crippen LogP contribution in [-0.2, 0) is 9.53 Å². The maximum Gasteiger partial charge on any atom is 0.224 e. The molecule has 1 aliphatic heterocycles. The van der Waals surface area contributed by atoms with Gasteiger partial charge in [0.05, 0.1) is 13.0 Å². The summed E-state index contributed by atoms with van der Waals surface area (Å²) in [5.41, 5.74) is 5.86. The molecule has 18 heavy (non-hydrogen) atoms. The SMILES string of the molecule is CC1(CN)CCN(C(=O)CCOCC2CC2)C1.Cl. The zero-order valence-electron chi connectivity index (χ0n) is 11.2. The number of ether oxygens (including phenoxy) is 1. The first-order chi connectivity index (χ1) is 8.13. The summed E-state index contributed by atoms with van der Waals surface area (Å²) >= 11 is 0. The number of carbonyl (C=O) groups is 1. The van der Waals surface area contributed by atoms with Crippen LogP contribution in [0.25, 0.3) is 0 Å². The first-order valence-corrected chi connectivity index (χ1v) is 6.68. The second kappa shape index (κ2) is 6.73. The van der Waals surface area contributed by atoms with E-state index >= 15 is 0 Å². The number of likely N-dealkylation sites (tertiary alicyclic amines) is 1. The molecule has 1 saturated heterocycles. The Morgan fingerprint density at radius 2 is 2.22 bits per heavy atom. The average molecular weight is 277 g/mol. The number of carbonyl (C=O) groups excluding carboxylic acids is 1. The van der Waals surface area contributed by atoms with Crippen LogP contribution in [0.2, 0.25) is 0 Å². The van der Waals surface area contributed by atoms with E-state index in [4.69, 9.17) is 10.5 Å². The lowest BCUT2D eigenvalue weighted by molar-refractivity contribution is -0.131. The molecular formula is C13H25ClN2O2. The van der Waals surface area contributed by atoms with E-state index in [1.807, 2.05) is 4.90 Å². The highest BCUT2D eigenvalue weighted by atomic mass is 35.5. The summed E-state index contributed by atoms with van der Waals surface area (Å²) in [5.74, 6) is 0.996. The second-order valence-corrected chi connectivity index (χ2v) is 5.85. The molecule has 2 rings (SSSR count). The third kappa shape index (κ3) is 4.41. The number of hydrogen-bond donors (Lipinski definition) is 1. The Kier molecular flexibility index (Phi) is 5.89. The van der Waals surface area contributed by atoms with Crippen molar-refractivity contribution in [2.75, 3.05) is 32.8 Å². The standard InChI is InChI=1S/C13H24N2O2.ClH/c1-13(9-14)5-6-15(10-13)12(16)4-7-17-8-11-2-3-11;/h11H,2-10,14H2,1H3;1H. The van der Waals surface area contributed by atoms with Gasteiger partial charge in [-0.25, -0.2) is 0 Å². The van der Waals surface area contributed by atoms with Gasteiger partial charge in [0.15, 0.2) is 0 Å². The van der Waals surface area contributed by atoms with Gasteiger partial charge in [-0.1, -0.05) is 6.92 Å². The quantitative estimate of drug-likeness (QED) is 0.747. The van der Waals surface area contributed by atoms with E-state index < -0.39 is 0 Å². The fourth-order valence-corrected chi connectivity index (χ4v) is 2.26. The number of rotatable bonds is 6. The van der Waals surface area contributed by atoms with Gasteiger partial charge >= 0.3 is 0 Å². The third-order valence-corrected chi connectivity index (χ3v) is 3.91. The van der Waals surface area contributed by atoms with E-state index in [9.17, 15) is 4.79 Å². The first kappa shape index (κ1) is 15.7. The van der Waals surface area contributed by atoms with Crippen molar-refractivity contribution in [3.63, 3.8) is 0 Å². The van der Waals surface area contributed by atoms with Crippen molar-refractivity contribution in [3.8, 4) is 0 Å². The lowest BCUT2D eigenvalue weighted by Gasteiger charge is -2.22. The van der Waals surface area contributed by atoms with Crippen LogP contribution in [0.15, 0.2) is 0 Å². The van der Waals surface area contributed by atoms with E-state index in [-0.39, 0.29) is 23.7 Å². The molecule has 0 aromatic carbocycles. The summed E-state index contributed by atoms with van der Waals surface area (Å²) in [6.45, 7) is 5.90. The monoisotopic (exact) mass is 276 g/mol. The molecule has 4 nitrogen and oxygen atoms in total. The first-order valence-electron chi connectivity index (χ1n) is 6.68. The molecule has 1 aliphatic carbocycles. The van der Waals surface area contributed by atoms with Crippen LogP contribution in [0.4, 0.5) is 0 Å². The minimum atomic E-state index is 0. The Labute approximate surface area is 116 Å². The number of halogens is 1. The summed E-state index contributed by atoms with van der Waals surface area (Å²) in [7, 11) is 0. The molecule has 2 N–H and O–H groups in total. The van der Waals surface area contributed by atoms with Crippen LogP contribution in [0.3, 0.4) is 0 Å². The van der Waals surface area contributed by atoms with Crippen molar-refractivity contribution >= 4 is 18.3 Å². The summed E-state index contributed by atoms with van der Waals surface area (Å²) < 4.78 is 5.49. The van der Waals surface area contributed by atoms with Crippen molar-refractivity contribution in [1.82, 2.24) is 4.90 Å². The van der Waals surface area contributed by atoms with Gasteiger partial charge in [-0.15, -0.1) is 12.4 Å². The lowest BCUT2D eigenvalue weighted by atomic mass is 9.90. The zero-order valence-corrected chi connectivity index (χ0v) is 12.0. The number of nitrogens with zero attached hydrogens (tertiary/aromatic N) is 1. The van der Waals surface area contributed by atoms with Gasteiger partial charge in [0.2, 0.25) is 5.91 Å². The Bertz CT molecular complexity index is 284. The van der Waals surface area contributed by atoms with Crippen molar-refractivity contribution < 1.29 is 9.53 Å². The summed E-state index contributed by atoms with van der Waals surface area (Å²) in [5, 5.41) is 0. The molecule has 0 aromatic heterocycles. The Morgan fingerprint density at radius 3 is 2.78 bits per heavy atom. The summed E-state index contributed by atoms with van der Waals surface area (Å²) in [6.07, 6.45) is 4.15. The van der Waals surface area contributed by atoms with Crippen LogP contribution < -0.4 is 5.73 Å². The van der Waals surface area contributed by atoms with Gasteiger partial charge in [0.1, 0.15) is 0 Å². The van der Waals surface area contributed by atoms with E-state index in [2.05, 4.69) is 6.92 Å². The Balaban J connectivity index is 0.00000162. The molecule has 1 heterocycles. The minimum Gasteiger partial charge on any atom is -0.381 e. The summed E-state index contributed by atoms with van der Waals surface area (Å²) in [6, 6.07) is 0. The van der Waals surface area contributed by atoms with Gasteiger partial charge in [0.25, 0.3) is 0 Å². The molecule has 1 saturated carbocycles. The van der Waals surface area contributed by atoms with Crippen LogP contribution in [0.5, 0.6) is 0 Å². The molecule has 0 radical (unpaired) electrons. The highest BCUT2D eigenvalue weighted by molar-refractivity contribution is 5.85. The van der Waals surface area contributed by atoms with Crippen molar-refractivity contribution in [2.45, 2.75) is 32.6 Å². The normalized spacial score (nSPS) is 27.1. The number of amides is 1. The smallest absolute Gasteiger partial charge is 0.224 e. The van der Waals surface area contributed by atoms with Crippen LogP contribution in [0.1, 0.15) is 32.6 Å². The fourth-order valence-electron chi connectivity index (χ4n) is 2.26. The molecule has 1 amide bonds. The van der Waals surface area contributed by atoms with E-state index in [0.717, 1.165) is 32.0 Å². The molecule has 1 unspecified atom stereocenters. The largest absolute Gasteiger partial charge is 0.381 e. The highest BCUT2D eigenvalue weighted by Crippen LogP contribution is 2.29. The van der Waals surface area contributed by atoms with Gasteiger partial charge in [-0.2, -0.15) is 0 Å². The topological polar surface area (TPSA) is 55.6 Å². The molecule has 1 atom stereocenters. The Hall–Kier alpha value is -0.320. The molecule has 0 aromatic rings. The van der Waals surface area contributed by atoms with Crippen LogP contribution in [0, 0.1) is 11.3 Å². The van der Waals surface area contributed by atoms with Crippen molar-refractivity contribution in [3.05, 3.63) is 0 Å². The molecule has 0 spiro atoms. The second-order valence-electron chi connectivity index (χ2n) is 5.85. The molecule has 5 heteroatoms. The fraction of sp³-hybridized carbons (Fsp3) is 0.923. The van der Waals surface area contributed by atoms with Crippen LogP contribution >= 0.6 is 12.4 Å². The predicted octanol–water partition coefficient (Wildman–Crippen LogP) is 1.42. The molecule has 106 valence electrons. The molecule has 2 aliphatic rings. The number of nitrogens with two attached hydrogens (primary N) is 1. The van der Waals surface area contributed by atoms with Gasteiger partial charge < -0.3 is 15.4 Å². The average Bonchev–Trinajstić information content (AvgIpc) is 3.06. The predicted molar refractivity (Wildman–Crippen MR) is 73.8 cm³/mol. The number of hydrogen-bond acceptors (Lipinski definition) is 3. The van der Waals surface area contributed by atoms with Gasteiger partial charge in [-0.3, -0.25) is 4.79 Å². The van der Waals surface area contributed by atoms with Gasteiger partial charge in [0, 0.05) is 19.7 Å². The molecule has 0 bridgehead atoms. The maximum atomic E-state index is 11.9. The molecular weight excluding hydrogens is 252 g/mol. The zero-order chi connectivity index (χ0) is 12.3. The van der Waals surface area contributed by atoms with E-state index in [1.54, 1.807) is 0 Å². The van der Waals surface area contributed by atoms with Crippen molar-refractivity contribution in [2.24, 2.45) is 17.1 Å². The molecule has 2 fully saturated rings.